The van der Waals surface area contributed by atoms with Crippen LogP contribution in [0.1, 0.15) is 57.4 Å². The van der Waals surface area contributed by atoms with Crippen LogP contribution in [0.4, 0.5) is 4.79 Å². The van der Waals surface area contributed by atoms with Crippen molar-refractivity contribution >= 4 is 12.1 Å². The Hall–Kier alpha value is -2.55. The Morgan fingerprint density at radius 2 is 1.93 bits per heavy atom. The summed E-state index contributed by atoms with van der Waals surface area (Å²) in [5.41, 5.74) is -2.48. The van der Waals surface area contributed by atoms with E-state index in [0.717, 1.165) is 0 Å². The van der Waals surface area contributed by atoms with Crippen LogP contribution in [0.15, 0.2) is 15.3 Å². The molecule has 1 aromatic heterocycles. The summed E-state index contributed by atoms with van der Waals surface area (Å²) in [6.45, 7) is 9.44. The Labute approximate surface area is 175 Å². The van der Waals surface area contributed by atoms with Crippen molar-refractivity contribution in [2.75, 3.05) is 20.8 Å². The van der Waals surface area contributed by atoms with Crippen molar-refractivity contribution in [1.29, 1.82) is 0 Å². The fourth-order valence-corrected chi connectivity index (χ4v) is 4.05. The molecule has 1 aromatic rings. The third-order valence-corrected chi connectivity index (χ3v) is 5.41. The lowest BCUT2D eigenvalue weighted by atomic mass is 10.1. The van der Waals surface area contributed by atoms with Crippen molar-refractivity contribution in [3.63, 3.8) is 0 Å². The van der Waals surface area contributed by atoms with E-state index in [4.69, 9.17) is 18.6 Å². The predicted molar refractivity (Wildman–Crippen MR) is 106 cm³/mol. The third kappa shape index (κ3) is 3.90. The molecule has 166 valence electrons. The zero-order chi connectivity index (χ0) is 22.5. The van der Waals surface area contributed by atoms with E-state index in [9.17, 15) is 14.4 Å². The van der Waals surface area contributed by atoms with Crippen LogP contribution < -0.4 is 10.2 Å². The number of carbonyl (C=O) groups excluding carboxylic acids is 2. The highest BCUT2D eigenvalue weighted by Crippen LogP contribution is 2.57. The molecule has 1 saturated carbocycles. The van der Waals surface area contributed by atoms with Gasteiger partial charge in [0.25, 0.3) is 5.76 Å². The SMILES string of the molecule is COC(=O)c1oc(CC2CC23COC(C)(C)N3C(=O)OC(C)(C)C)cc(=O)c1OC. The number of rotatable bonds is 4. The average molecular weight is 423 g/mol. The van der Waals surface area contributed by atoms with Crippen molar-refractivity contribution in [2.45, 2.75) is 64.3 Å². The molecular formula is C21H29NO8. The van der Waals surface area contributed by atoms with Crippen LogP contribution in [0.2, 0.25) is 0 Å². The summed E-state index contributed by atoms with van der Waals surface area (Å²) in [5, 5.41) is 0. The fraction of sp³-hybridized carbons (Fsp3) is 0.667. The standard InChI is InChI=1S/C21H29NO8/c1-19(2,3)30-18(25)22-20(4,5)28-11-21(22)10-12(21)8-13-9-14(23)15(26-6)16(29-13)17(24)27-7/h9,12H,8,10-11H2,1-7H3. The summed E-state index contributed by atoms with van der Waals surface area (Å²) in [6.07, 6.45) is 0.569. The molecule has 1 aliphatic carbocycles. The summed E-state index contributed by atoms with van der Waals surface area (Å²) in [4.78, 5) is 38.9. The van der Waals surface area contributed by atoms with Crippen molar-refractivity contribution in [3.8, 4) is 5.75 Å². The van der Waals surface area contributed by atoms with E-state index >= 15 is 0 Å². The van der Waals surface area contributed by atoms with E-state index in [0.29, 0.717) is 25.2 Å². The summed E-state index contributed by atoms with van der Waals surface area (Å²) in [5.74, 6) is -0.969. The number of nitrogens with zero attached hydrogens (tertiary/aromatic N) is 1. The van der Waals surface area contributed by atoms with Gasteiger partial charge in [0.1, 0.15) is 17.1 Å². The predicted octanol–water partition coefficient (Wildman–Crippen LogP) is 2.74. The first kappa shape index (κ1) is 22.1. The van der Waals surface area contributed by atoms with Crippen LogP contribution in [-0.4, -0.2) is 54.7 Å². The van der Waals surface area contributed by atoms with E-state index in [2.05, 4.69) is 4.74 Å². The largest absolute Gasteiger partial charge is 0.489 e. The molecule has 3 rings (SSSR count). The van der Waals surface area contributed by atoms with Gasteiger partial charge in [-0.15, -0.1) is 0 Å². The van der Waals surface area contributed by atoms with Crippen LogP contribution in [-0.2, 0) is 20.6 Å². The van der Waals surface area contributed by atoms with Gasteiger partial charge in [0.05, 0.1) is 26.4 Å². The lowest BCUT2D eigenvalue weighted by Crippen LogP contribution is -2.51. The van der Waals surface area contributed by atoms with E-state index < -0.39 is 34.4 Å². The fourth-order valence-electron chi connectivity index (χ4n) is 4.05. The second-order valence-electron chi connectivity index (χ2n) is 9.19. The summed E-state index contributed by atoms with van der Waals surface area (Å²) in [7, 11) is 2.48. The third-order valence-electron chi connectivity index (χ3n) is 5.41. The number of hydrogen-bond acceptors (Lipinski definition) is 8. The van der Waals surface area contributed by atoms with Gasteiger partial charge < -0.3 is 23.4 Å². The van der Waals surface area contributed by atoms with E-state index in [1.807, 2.05) is 34.6 Å². The van der Waals surface area contributed by atoms with Gasteiger partial charge in [0.2, 0.25) is 11.2 Å². The Morgan fingerprint density at radius 3 is 2.50 bits per heavy atom. The smallest absolute Gasteiger partial charge is 0.413 e. The van der Waals surface area contributed by atoms with E-state index in [1.165, 1.54) is 20.3 Å². The van der Waals surface area contributed by atoms with Crippen molar-refractivity contribution in [1.82, 2.24) is 4.90 Å². The Kier molecular flexibility index (Phi) is 5.39. The average Bonchev–Trinajstić information content (AvgIpc) is 3.21. The molecule has 30 heavy (non-hydrogen) atoms. The number of methoxy groups -OCH3 is 2. The molecule has 1 aliphatic heterocycles. The molecule has 1 amide bonds. The van der Waals surface area contributed by atoms with Gasteiger partial charge in [-0.3, -0.25) is 9.69 Å². The van der Waals surface area contributed by atoms with Gasteiger partial charge in [0.15, 0.2) is 0 Å². The highest BCUT2D eigenvalue weighted by molar-refractivity contribution is 5.89. The molecule has 2 aliphatic rings. The number of amides is 1. The topological polar surface area (TPSA) is 105 Å². The molecule has 2 heterocycles. The summed E-state index contributed by atoms with van der Waals surface area (Å²) in [6, 6.07) is 1.30. The Balaban J connectivity index is 1.86. The van der Waals surface area contributed by atoms with Crippen molar-refractivity contribution in [2.24, 2.45) is 5.92 Å². The first-order valence-electron chi connectivity index (χ1n) is 9.81. The second kappa shape index (κ2) is 7.30. The number of ether oxygens (including phenoxy) is 4. The molecule has 2 atom stereocenters. The zero-order valence-electron chi connectivity index (χ0n) is 18.5. The lowest BCUT2D eigenvalue weighted by Gasteiger charge is -2.35. The lowest BCUT2D eigenvalue weighted by molar-refractivity contribution is -0.0643. The highest BCUT2D eigenvalue weighted by atomic mass is 16.6. The number of esters is 1. The minimum Gasteiger partial charge on any atom is -0.489 e. The van der Waals surface area contributed by atoms with Gasteiger partial charge >= 0.3 is 12.1 Å². The minimum atomic E-state index is -0.824. The van der Waals surface area contributed by atoms with Crippen molar-refractivity contribution < 1.29 is 33.0 Å². The summed E-state index contributed by atoms with van der Waals surface area (Å²) < 4.78 is 26.8. The van der Waals surface area contributed by atoms with Gasteiger partial charge in [-0.05, 0) is 47.0 Å². The monoisotopic (exact) mass is 423 g/mol. The zero-order valence-corrected chi connectivity index (χ0v) is 18.5. The van der Waals surface area contributed by atoms with Gasteiger partial charge in [0, 0.05) is 12.5 Å². The minimum absolute atomic E-state index is 0.0196. The molecule has 2 unspecified atom stereocenters. The maximum absolute atomic E-state index is 12.9. The first-order valence-corrected chi connectivity index (χ1v) is 9.81. The van der Waals surface area contributed by atoms with Gasteiger partial charge in [-0.2, -0.15) is 0 Å². The molecule has 0 N–H and O–H groups in total. The highest BCUT2D eigenvalue weighted by Gasteiger charge is 2.68. The molecule has 2 fully saturated rings. The molecule has 9 heteroatoms. The normalized spacial score (nSPS) is 24.6. The molecule has 9 nitrogen and oxygen atoms in total. The molecule has 1 spiro atoms. The Morgan fingerprint density at radius 1 is 1.27 bits per heavy atom. The molecule has 0 bridgehead atoms. The molecule has 1 saturated heterocycles. The van der Waals surface area contributed by atoms with Crippen LogP contribution in [0.3, 0.4) is 0 Å². The van der Waals surface area contributed by atoms with Gasteiger partial charge in [-0.1, -0.05) is 0 Å². The molecule has 0 aromatic carbocycles. The first-order chi connectivity index (χ1) is 13.8. The number of carbonyl (C=O) groups is 2. The maximum Gasteiger partial charge on any atom is 0.413 e. The van der Waals surface area contributed by atoms with Crippen LogP contribution >= 0.6 is 0 Å². The van der Waals surface area contributed by atoms with Crippen molar-refractivity contribution in [3.05, 3.63) is 27.8 Å². The van der Waals surface area contributed by atoms with Crippen LogP contribution in [0.5, 0.6) is 5.75 Å². The van der Waals surface area contributed by atoms with E-state index in [1.54, 1.807) is 4.90 Å². The van der Waals surface area contributed by atoms with E-state index in [-0.39, 0.29) is 17.4 Å². The number of hydrogen-bond donors (Lipinski definition) is 0. The maximum atomic E-state index is 12.9. The second-order valence-corrected chi connectivity index (χ2v) is 9.19. The summed E-state index contributed by atoms with van der Waals surface area (Å²) >= 11 is 0. The van der Waals surface area contributed by atoms with Crippen LogP contribution in [0.25, 0.3) is 0 Å². The van der Waals surface area contributed by atoms with Crippen LogP contribution in [0, 0.1) is 5.92 Å². The molecule has 0 radical (unpaired) electrons. The van der Waals surface area contributed by atoms with Gasteiger partial charge in [-0.25, -0.2) is 9.59 Å². The Bertz CT molecular complexity index is 913. The quantitative estimate of drug-likeness (QED) is 0.681. The molecular weight excluding hydrogens is 394 g/mol.